The number of anilines is 1. The molecule has 1 saturated heterocycles. The van der Waals surface area contributed by atoms with Gasteiger partial charge < -0.3 is 10.2 Å². The van der Waals surface area contributed by atoms with E-state index in [2.05, 4.69) is 45.1 Å². The van der Waals surface area contributed by atoms with E-state index in [0.29, 0.717) is 6.04 Å². The number of nitrogens with one attached hydrogen (secondary N) is 1. The van der Waals surface area contributed by atoms with Crippen LogP contribution in [0.5, 0.6) is 0 Å². The maximum atomic E-state index is 12.3. The van der Waals surface area contributed by atoms with Gasteiger partial charge in [0.1, 0.15) is 0 Å². The number of nitrogens with zero attached hydrogens (tertiary/aromatic N) is 1. The highest BCUT2D eigenvalue weighted by Gasteiger charge is 2.32. The molecule has 0 radical (unpaired) electrons. The summed E-state index contributed by atoms with van der Waals surface area (Å²) >= 11 is 0. The Kier molecular flexibility index (Phi) is 3.71. The van der Waals surface area contributed by atoms with Crippen molar-refractivity contribution in [2.75, 3.05) is 11.4 Å². The fraction of sp³-hybridized carbons (Fsp3) is 0.533. The smallest absolute Gasteiger partial charge is 0.244 e. The van der Waals surface area contributed by atoms with Gasteiger partial charge in [-0.25, -0.2) is 0 Å². The molecular formula is C15H22N2O. The van der Waals surface area contributed by atoms with Crippen LogP contribution in [-0.4, -0.2) is 24.5 Å². The number of carbonyl (C=O) groups excluding carboxylic acids is 1. The zero-order chi connectivity index (χ0) is 13.3. The van der Waals surface area contributed by atoms with Crippen LogP contribution in [0.15, 0.2) is 18.2 Å². The van der Waals surface area contributed by atoms with Gasteiger partial charge in [-0.3, -0.25) is 4.79 Å². The number of carbonyl (C=O) groups is 1. The molecule has 1 aliphatic rings. The monoisotopic (exact) mass is 246 g/mol. The van der Waals surface area contributed by atoms with Crippen LogP contribution in [0.1, 0.15) is 31.4 Å². The third kappa shape index (κ3) is 2.56. The molecule has 1 fully saturated rings. The number of hydrogen-bond acceptors (Lipinski definition) is 2. The molecular weight excluding hydrogens is 224 g/mol. The average molecular weight is 246 g/mol. The minimum Gasteiger partial charge on any atom is -0.311 e. The summed E-state index contributed by atoms with van der Waals surface area (Å²) in [5.41, 5.74) is 3.53. The lowest BCUT2D eigenvalue weighted by molar-refractivity contribution is -0.118. The predicted octanol–water partition coefficient (Wildman–Crippen LogP) is 2.41. The fourth-order valence-electron chi connectivity index (χ4n) is 2.39. The summed E-state index contributed by atoms with van der Waals surface area (Å²) in [4.78, 5) is 14.2. The SMILES string of the molecule is Cc1ccc(N2CCC(NC(C)C)C2=O)cc1C. The quantitative estimate of drug-likeness (QED) is 0.888. The Bertz CT molecular complexity index is 454. The second-order valence-electron chi connectivity index (χ2n) is 5.42. The minimum absolute atomic E-state index is 0.0217. The molecule has 1 aromatic carbocycles. The van der Waals surface area contributed by atoms with Gasteiger partial charge in [0.2, 0.25) is 5.91 Å². The highest BCUT2D eigenvalue weighted by atomic mass is 16.2. The zero-order valence-electron chi connectivity index (χ0n) is 11.7. The predicted molar refractivity (Wildman–Crippen MR) is 74.9 cm³/mol. The van der Waals surface area contributed by atoms with E-state index in [1.807, 2.05) is 11.0 Å². The first-order chi connectivity index (χ1) is 8.49. The number of amides is 1. The van der Waals surface area contributed by atoms with E-state index in [4.69, 9.17) is 0 Å². The third-order valence-electron chi connectivity index (χ3n) is 3.54. The van der Waals surface area contributed by atoms with Crippen molar-refractivity contribution in [2.24, 2.45) is 0 Å². The van der Waals surface area contributed by atoms with Gasteiger partial charge in [-0.1, -0.05) is 19.9 Å². The first-order valence-corrected chi connectivity index (χ1v) is 6.63. The molecule has 1 atom stereocenters. The molecule has 0 aromatic heterocycles. The lowest BCUT2D eigenvalue weighted by Gasteiger charge is -2.19. The van der Waals surface area contributed by atoms with Crippen LogP contribution in [0.3, 0.4) is 0 Å². The van der Waals surface area contributed by atoms with Crippen LogP contribution in [0.25, 0.3) is 0 Å². The minimum atomic E-state index is -0.0217. The normalized spacial score (nSPS) is 19.9. The molecule has 0 aliphatic carbocycles. The van der Waals surface area contributed by atoms with Gasteiger partial charge in [0.15, 0.2) is 0 Å². The number of benzene rings is 1. The van der Waals surface area contributed by atoms with Crippen LogP contribution in [-0.2, 0) is 4.79 Å². The van der Waals surface area contributed by atoms with Crippen LogP contribution in [0.2, 0.25) is 0 Å². The molecule has 3 nitrogen and oxygen atoms in total. The Hall–Kier alpha value is -1.35. The van der Waals surface area contributed by atoms with Crippen molar-refractivity contribution >= 4 is 11.6 Å². The van der Waals surface area contributed by atoms with Crippen molar-refractivity contribution in [1.82, 2.24) is 5.32 Å². The molecule has 18 heavy (non-hydrogen) atoms. The maximum Gasteiger partial charge on any atom is 0.244 e. The van der Waals surface area contributed by atoms with Gasteiger partial charge in [0, 0.05) is 18.3 Å². The van der Waals surface area contributed by atoms with Crippen LogP contribution in [0, 0.1) is 13.8 Å². The zero-order valence-corrected chi connectivity index (χ0v) is 11.7. The summed E-state index contributed by atoms with van der Waals surface area (Å²) in [5.74, 6) is 0.201. The van der Waals surface area contributed by atoms with E-state index < -0.39 is 0 Å². The van der Waals surface area contributed by atoms with Crippen LogP contribution in [0.4, 0.5) is 5.69 Å². The Morgan fingerprint density at radius 3 is 2.61 bits per heavy atom. The Labute approximate surface area is 109 Å². The Balaban J connectivity index is 2.15. The van der Waals surface area contributed by atoms with Crippen molar-refractivity contribution in [3.05, 3.63) is 29.3 Å². The molecule has 1 aromatic rings. The van der Waals surface area contributed by atoms with E-state index in [0.717, 1.165) is 18.7 Å². The summed E-state index contributed by atoms with van der Waals surface area (Å²) in [5, 5.41) is 3.33. The average Bonchev–Trinajstić information content (AvgIpc) is 2.64. The molecule has 2 rings (SSSR count). The summed E-state index contributed by atoms with van der Waals surface area (Å²) in [6.45, 7) is 9.14. The topological polar surface area (TPSA) is 32.3 Å². The lowest BCUT2D eigenvalue weighted by atomic mass is 10.1. The van der Waals surface area contributed by atoms with Gasteiger partial charge in [0.25, 0.3) is 0 Å². The number of rotatable bonds is 3. The van der Waals surface area contributed by atoms with Gasteiger partial charge in [-0.05, 0) is 43.5 Å². The summed E-state index contributed by atoms with van der Waals surface area (Å²) in [7, 11) is 0. The first kappa shape index (κ1) is 13.1. The lowest BCUT2D eigenvalue weighted by Crippen LogP contribution is -2.41. The standard InChI is InChI=1S/C15H22N2O/c1-10(2)16-14-7-8-17(15(14)18)13-6-5-11(3)12(4)9-13/h5-6,9-10,14,16H,7-8H2,1-4H3. The molecule has 0 spiro atoms. The largest absolute Gasteiger partial charge is 0.311 e. The van der Waals surface area contributed by atoms with Crippen LogP contribution >= 0.6 is 0 Å². The van der Waals surface area contributed by atoms with Gasteiger partial charge in [-0.15, -0.1) is 0 Å². The summed E-state index contributed by atoms with van der Waals surface area (Å²) < 4.78 is 0. The van der Waals surface area contributed by atoms with Crippen molar-refractivity contribution in [1.29, 1.82) is 0 Å². The van der Waals surface area contributed by atoms with Gasteiger partial charge in [-0.2, -0.15) is 0 Å². The molecule has 1 amide bonds. The Morgan fingerprint density at radius 1 is 1.28 bits per heavy atom. The molecule has 0 saturated carbocycles. The van der Waals surface area contributed by atoms with Crippen molar-refractivity contribution in [2.45, 2.75) is 46.2 Å². The summed E-state index contributed by atoms with van der Waals surface area (Å²) in [6.07, 6.45) is 0.893. The highest BCUT2D eigenvalue weighted by Crippen LogP contribution is 2.24. The van der Waals surface area contributed by atoms with E-state index in [-0.39, 0.29) is 11.9 Å². The number of hydrogen-bond donors (Lipinski definition) is 1. The second-order valence-corrected chi connectivity index (χ2v) is 5.42. The van der Waals surface area contributed by atoms with Crippen LogP contribution < -0.4 is 10.2 Å². The Morgan fingerprint density at radius 2 is 2.00 bits per heavy atom. The van der Waals surface area contributed by atoms with Crippen molar-refractivity contribution < 1.29 is 4.79 Å². The maximum absolute atomic E-state index is 12.3. The molecule has 3 heteroatoms. The molecule has 98 valence electrons. The molecule has 0 bridgehead atoms. The second kappa shape index (κ2) is 5.11. The van der Waals surface area contributed by atoms with Crippen molar-refractivity contribution in [3.63, 3.8) is 0 Å². The first-order valence-electron chi connectivity index (χ1n) is 6.63. The molecule has 1 unspecified atom stereocenters. The highest BCUT2D eigenvalue weighted by molar-refractivity contribution is 5.99. The van der Waals surface area contributed by atoms with E-state index in [1.54, 1.807) is 0 Å². The van der Waals surface area contributed by atoms with Gasteiger partial charge in [0.05, 0.1) is 6.04 Å². The fourth-order valence-corrected chi connectivity index (χ4v) is 2.39. The van der Waals surface area contributed by atoms with Crippen molar-refractivity contribution in [3.8, 4) is 0 Å². The molecule has 1 heterocycles. The van der Waals surface area contributed by atoms with E-state index in [9.17, 15) is 4.79 Å². The molecule has 1 aliphatic heterocycles. The third-order valence-corrected chi connectivity index (χ3v) is 3.54. The summed E-state index contributed by atoms with van der Waals surface area (Å²) in [6, 6.07) is 6.55. The van der Waals surface area contributed by atoms with E-state index in [1.165, 1.54) is 11.1 Å². The van der Waals surface area contributed by atoms with E-state index >= 15 is 0 Å². The van der Waals surface area contributed by atoms with Gasteiger partial charge >= 0.3 is 0 Å². The number of aryl methyl sites for hydroxylation is 2. The molecule has 1 N–H and O–H groups in total.